The van der Waals surface area contributed by atoms with Crippen molar-refractivity contribution in [3.05, 3.63) is 56.7 Å². The van der Waals surface area contributed by atoms with Crippen LogP contribution in [0.4, 0.5) is 0 Å². The Hall–Kier alpha value is -1.39. The number of hydrogen-bond acceptors (Lipinski definition) is 3. The lowest BCUT2D eigenvalue weighted by molar-refractivity contribution is 0.605. The van der Waals surface area contributed by atoms with Gasteiger partial charge in [0.2, 0.25) is 5.43 Å². The molecule has 0 N–H and O–H groups in total. The molecule has 2 aromatic heterocycles. The van der Waals surface area contributed by atoms with Crippen LogP contribution in [-0.4, -0.2) is 0 Å². The Labute approximate surface area is 110 Å². The highest BCUT2D eigenvalue weighted by molar-refractivity contribution is 9.10. The van der Waals surface area contributed by atoms with Crippen LogP contribution in [0.1, 0.15) is 0 Å². The van der Waals surface area contributed by atoms with Gasteiger partial charge in [-0.3, -0.25) is 4.79 Å². The molecule has 84 valence electrons. The number of fused-ring (bicyclic) bond motifs is 1. The summed E-state index contributed by atoms with van der Waals surface area (Å²) in [5.74, 6) is 0. The molecule has 0 fully saturated rings. The third-order valence-corrected chi connectivity index (χ3v) is 3.92. The van der Waals surface area contributed by atoms with Crippen molar-refractivity contribution in [2.24, 2.45) is 0 Å². The zero-order valence-corrected chi connectivity index (χ0v) is 11.0. The van der Waals surface area contributed by atoms with Gasteiger partial charge in [0.05, 0.1) is 10.9 Å². The van der Waals surface area contributed by atoms with Gasteiger partial charge in [0.15, 0.2) is 0 Å². The van der Waals surface area contributed by atoms with Crippen LogP contribution in [0.5, 0.6) is 0 Å². The molecule has 3 rings (SSSR count). The van der Waals surface area contributed by atoms with Crippen molar-refractivity contribution < 1.29 is 4.42 Å². The summed E-state index contributed by atoms with van der Waals surface area (Å²) in [6.07, 6.45) is 1.53. The summed E-state index contributed by atoms with van der Waals surface area (Å²) in [6.45, 7) is 0. The minimum atomic E-state index is 0.00926. The highest BCUT2D eigenvalue weighted by Crippen LogP contribution is 2.25. The van der Waals surface area contributed by atoms with E-state index in [-0.39, 0.29) is 5.43 Å². The van der Waals surface area contributed by atoms with Crippen LogP contribution in [0.2, 0.25) is 0 Å². The maximum Gasteiger partial charge on any atom is 0.201 e. The Morgan fingerprint density at radius 3 is 2.88 bits per heavy atom. The van der Waals surface area contributed by atoms with Crippen molar-refractivity contribution in [3.8, 4) is 10.4 Å². The van der Waals surface area contributed by atoms with Crippen molar-refractivity contribution in [1.29, 1.82) is 0 Å². The monoisotopic (exact) mass is 306 g/mol. The summed E-state index contributed by atoms with van der Waals surface area (Å²) in [4.78, 5) is 13.2. The molecule has 2 heterocycles. The normalized spacial score (nSPS) is 10.9. The topological polar surface area (TPSA) is 30.2 Å². The number of rotatable bonds is 1. The first kappa shape index (κ1) is 10.7. The Kier molecular flexibility index (Phi) is 2.61. The first-order chi connectivity index (χ1) is 8.25. The van der Waals surface area contributed by atoms with E-state index in [0.29, 0.717) is 16.5 Å². The van der Waals surface area contributed by atoms with E-state index in [1.807, 2.05) is 23.6 Å². The summed E-state index contributed by atoms with van der Waals surface area (Å²) >= 11 is 4.89. The molecule has 0 aliphatic carbocycles. The lowest BCUT2D eigenvalue weighted by atomic mass is 10.1. The summed E-state index contributed by atoms with van der Waals surface area (Å²) in [5, 5.41) is 2.55. The fourth-order valence-corrected chi connectivity index (χ4v) is 2.79. The summed E-state index contributed by atoms with van der Waals surface area (Å²) in [5.41, 5.74) is 1.24. The van der Waals surface area contributed by atoms with Gasteiger partial charge < -0.3 is 4.42 Å². The number of benzene rings is 1. The molecule has 1 aromatic carbocycles. The number of thiophene rings is 1. The molecule has 0 amide bonds. The van der Waals surface area contributed by atoms with E-state index in [1.54, 1.807) is 12.1 Å². The molecular formula is C13H7BrO2S. The summed E-state index contributed by atoms with van der Waals surface area (Å²) in [6, 6.07) is 9.28. The molecule has 0 saturated carbocycles. The van der Waals surface area contributed by atoms with Crippen molar-refractivity contribution in [2.45, 2.75) is 0 Å². The SMILES string of the molecule is O=c1c(-c2cccs2)coc2ccc(Br)cc12. The van der Waals surface area contributed by atoms with Crippen LogP contribution in [0.25, 0.3) is 21.4 Å². The zero-order valence-electron chi connectivity index (χ0n) is 8.64. The molecule has 0 aliphatic rings. The number of halogens is 1. The maximum absolute atomic E-state index is 12.3. The predicted octanol–water partition coefficient (Wildman–Crippen LogP) is 4.28. The van der Waals surface area contributed by atoms with E-state index in [4.69, 9.17) is 4.42 Å². The van der Waals surface area contributed by atoms with Gasteiger partial charge in [0.25, 0.3) is 0 Å². The van der Waals surface area contributed by atoms with E-state index in [0.717, 1.165) is 9.35 Å². The third-order valence-electron chi connectivity index (χ3n) is 2.52. The zero-order chi connectivity index (χ0) is 11.8. The van der Waals surface area contributed by atoms with Crippen molar-refractivity contribution in [3.63, 3.8) is 0 Å². The van der Waals surface area contributed by atoms with Crippen LogP contribution < -0.4 is 5.43 Å². The average molecular weight is 307 g/mol. The van der Waals surface area contributed by atoms with Crippen LogP contribution in [-0.2, 0) is 0 Å². The smallest absolute Gasteiger partial charge is 0.201 e. The van der Waals surface area contributed by atoms with E-state index < -0.39 is 0 Å². The third kappa shape index (κ3) is 1.83. The van der Waals surface area contributed by atoms with Gasteiger partial charge in [-0.05, 0) is 29.6 Å². The molecule has 0 atom stereocenters. The highest BCUT2D eigenvalue weighted by atomic mass is 79.9. The molecule has 0 saturated heterocycles. The summed E-state index contributed by atoms with van der Waals surface area (Å²) in [7, 11) is 0. The molecule has 3 aromatic rings. The minimum absolute atomic E-state index is 0.00926. The average Bonchev–Trinajstić information content (AvgIpc) is 2.84. The van der Waals surface area contributed by atoms with Crippen LogP contribution in [0.15, 0.2) is 55.7 Å². The molecule has 0 spiro atoms. The molecule has 0 aliphatic heterocycles. The molecule has 4 heteroatoms. The van der Waals surface area contributed by atoms with Crippen LogP contribution in [0.3, 0.4) is 0 Å². The second kappa shape index (κ2) is 4.13. The van der Waals surface area contributed by atoms with Gasteiger partial charge in [-0.25, -0.2) is 0 Å². The van der Waals surface area contributed by atoms with Gasteiger partial charge in [-0.15, -0.1) is 11.3 Å². The Morgan fingerprint density at radius 2 is 2.12 bits per heavy atom. The standard InChI is InChI=1S/C13H7BrO2S/c14-8-3-4-11-9(6-8)13(15)10(7-16-11)12-2-1-5-17-12/h1-7H. The fraction of sp³-hybridized carbons (Fsp3) is 0. The van der Waals surface area contributed by atoms with Gasteiger partial charge in [0.1, 0.15) is 11.8 Å². The Morgan fingerprint density at radius 1 is 1.24 bits per heavy atom. The molecule has 0 bridgehead atoms. The largest absolute Gasteiger partial charge is 0.463 e. The fourth-order valence-electron chi connectivity index (χ4n) is 1.71. The number of hydrogen-bond donors (Lipinski definition) is 0. The van der Waals surface area contributed by atoms with E-state index in [2.05, 4.69) is 15.9 Å². The van der Waals surface area contributed by atoms with Crippen LogP contribution >= 0.6 is 27.3 Å². The predicted molar refractivity (Wildman–Crippen MR) is 73.5 cm³/mol. The van der Waals surface area contributed by atoms with Crippen molar-refractivity contribution >= 4 is 38.2 Å². The first-order valence-electron chi connectivity index (χ1n) is 5.00. The van der Waals surface area contributed by atoms with E-state index >= 15 is 0 Å². The van der Waals surface area contributed by atoms with Crippen LogP contribution in [0, 0.1) is 0 Å². The molecule has 2 nitrogen and oxygen atoms in total. The second-order valence-corrected chi connectivity index (χ2v) is 5.46. The highest BCUT2D eigenvalue weighted by Gasteiger charge is 2.09. The van der Waals surface area contributed by atoms with Gasteiger partial charge in [-0.1, -0.05) is 22.0 Å². The van der Waals surface area contributed by atoms with Gasteiger partial charge in [0, 0.05) is 9.35 Å². The first-order valence-corrected chi connectivity index (χ1v) is 6.68. The van der Waals surface area contributed by atoms with E-state index in [9.17, 15) is 4.79 Å². The van der Waals surface area contributed by atoms with Gasteiger partial charge in [-0.2, -0.15) is 0 Å². The van der Waals surface area contributed by atoms with E-state index in [1.165, 1.54) is 17.6 Å². The molecule has 0 unspecified atom stereocenters. The molecule has 17 heavy (non-hydrogen) atoms. The minimum Gasteiger partial charge on any atom is -0.463 e. The maximum atomic E-state index is 12.3. The Balaban J connectivity index is 2.36. The lowest BCUT2D eigenvalue weighted by Crippen LogP contribution is -2.03. The second-order valence-electron chi connectivity index (χ2n) is 3.60. The lowest BCUT2D eigenvalue weighted by Gasteiger charge is -2.00. The van der Waals surface area contributed by atoms with Gasteiger partial charge >= 0.3 is 0 Å². The molecular weight excluding hydrogens is 300 g/mol. The summed E-state index contributed by atoms with van der Waals surface area (Å²) < 4.78 is 6.36. The van der Waals surface area contributed by atoms with Crippen molar-refractivity contribution in [2.75, 3.05) is 0 Å². The Bertz CT molecular complexity index is 729. The molecule has 0 radical (unpaired) electrons. The van der Waals surface area contributed by atoms with Crippen molar-refractivity contribution in [1.82, 2.24) is 0 Å². The quantitative estimate of drug-likeness (QED) is 0.671.